The van der Waals surface area contributed by atoms with E-state index in [2.05, 4.69) is 10.1 Å². The monoisotopic (exact) mass is 508 g/mol. The summed E-state index contributed by atoms with van der Waals surface area (Å²) in [5.41, 5.74) is -0.136. The molecular formula is C24H17F5N2OS2. The summed E-state index contributed by atoms with van der Waals surface area (Å²) in [6, 6.07) is 11.2. The van der Waals surface area contributed by atoms with Gasteiger partial charge < -0.3 is 5.21 Å². The van der Waals surface area contributed by atoms with Gasteiger partial charge in [-0.15, -0.1) is 23.1 Å². The highest BCUT2D eigenvalue weighted by Gasteiger charge is 2.45. The lowest BCUT2D eigenvalue weighted by atomic mass is 9.81. The highest BCUT2D eigenvalue weighted by atomic mass is 32.2. The highest BCUT2D eigenvalue weighted by molar-refractivity contribution is 8.00. The van der Waals surface area contributed by atoms with Crippen molar-refractivity contribution in [3.63, 3.8) is 0 Å². The molecule has 1 atom stereocenters. The second-order valence-electron chi connectivity index (χ2n) is 7.43. The first-order valence-electron chi connectivity index (χ1n) is 10.0. The lowest BCUT2D eigenvalue weighted by Crippen LogP contribution is -2.29. The van der Waals surface area contributed by atoms with Crippen molar-refractivity contribution in [3.8, 4) is 0 Å². The average Bonchev–Trinajstić information content (AvgIpc) is 3.35. The Balaban J connectivity index is 2.00. The third kappa shape index (κ3) is 4.78. The number of aromatic nitrogens is 1. The van der Waals surface area contributed by atoms with E-state index in [0.717, 1.165) is 12.3 Å². The number of thioether (sulfide) groups is 1. The summed E-state index contributed by atoms with van der Waals surface area (Å²) in [5.74, 6) is -0.934. The molecule has 1 N–H and O–H groups in total. The van der Waals surface area contributed by atoms with Crippen molar-refractivity contribution in [3.05, 3.63) is 105 Å². The second-order valence-corrected chi connectivity index (χ2v) is 9.61. The van der Waals surface area contributed by atoms with Crippen LogP contribution in [0.4, 0.5) is 22.0 Å². The quantitative estimate of drug-likeness (QED) is 0.123. The summed E-state index contributed by atoms with van der Waals surface area (Å²) < 4.78 is 68.1. The predicted octanol–water partition coefficient (Wildman–Crippen LogP) is 7.50. The van der Waals surface area contributed by atoms with Gasteiger partial charge in [0, 0.05) is 16.5 Å². The van der Waals surface area contributed by atoms with Crippen LogP contribution in [-0.4, -0.2) is 22.6 Å². The van der Waals surface area contributed by atoms with E-state index in [0.29, 0.717) is 21.0 Å². The molecule has 34 heavy (non-hydrogen) atoms. The Hall–Kier alpha value is -2.98. The van der Waals surface area contributed by atoms with Gasteiger partial charge in [-0.05, 0) is 72.0 Å². The number of alkyl halides is 3. The van der Waals surface area contributed by atoms with E-state index >= 15 is 0 Å². The van der Waals surface area contributed by atoms with Crippen LogP contribution in [0.15, 0.2) is 93.0 Å². The van der Waals surface area contributed by atoms with E-state index in [1.807, 2.05) is 0 Å². The van der Waals surface area contributed by atoms with Gasteiger partial charge in [0.2, 0.25) is 0 Å². The van der Waals surface area contributed by atoms with Gasteiger partial charge in [-0.2, -0.15) is 13.2 Å². The Bertz CT molecular complexity index is 1230. The lowest BCUT2D eigenvalue weighted by Gasteiger charge is -2.37. The van der Waals surface area contributed by atoms with Crippen LogP contribution in [0.3, 0.4) is 0 Å². The van der Waals surface area contributed by atoms with Crippen LogP contribution < -0.4 is 0 Å². The van der Waals surface area contributed by atoms with Crippen molar-refractivity contribution >= 4 is 29.3 Å². The van der Waals surface area contributed by atoms with Crippen LogP contribution in [0.2, 0.25) is 0 Å². The molecule has 0 radical (unpaired) electrons. The van der Waals surface area contributed by atoms with Crippen LogP contribution >= 0.6 is 23.1 Å². The molecule has 0 bridgehead atoms. The molecule has 2 aromatic carbocycles. The third-order valence-electron chi connectivity index (χ3n) is 5.37. The smallest absolute Gasteiger partial charge is 0.411 e. The number of halogens is 5. The molecule has 0 amide bonds. The number of oxime groups is 1. The normalized spacial score (nSPS) is 16.6. The minimum Gasteiger partial charge on any atom is -0.411 e. The number of thiazole rings is 1. The molecule has 0 saturated heterocycles. The zero-order valence-corrected chi connectivity index (χ0v) is 19.0. The Labute approximate surface area is 200 Å². The molecule has 1 aliphatic rings. The predicted molar refractivity (Wildman–Crippen MR) is 122 cm³/mol. The first-order valence-corrected chi connectivity index (χ1v) is 11.7. The van der Waals surface area contributed by atoms with Crippen molar-refractivity contribution in [2.75, 3.05) is 0 Å². The van der Waals surface area contributed by atoms with Crippen molar-refractivity contribution in [1.29, 1.82) is 0 Å². The molecule has 0 aliphatic heterocycles. The fourth-order valence-electron chi connectivity index (χ4n) is 3.86. The van der Waals surface area contributed by atoms with E-state index in [4.69, 9.17) is 5.21 Å². The molecule has 10 heteroatoms. The average molecular weight is 509 g/mol. The first kappa shape index (κ1) is 24.2. The molecule has 0 fully saturated rings. The summed E-state index contributed by atoms with van der Waals surface area (Å²) in [4.78, 5) is 5.04. The van der Waals surface area contributed by atoms with Gasteiger partial charge in [0.25, 0.3) is 0 Å². The minimum absolute atomic E-state index is 0.0248. The van der Waals surface area contributed by atoms with Crippen LogP contribution in [-0.2, 0) is 4.75 Å². The van der Waals surface area contributed by atoms with Crippen LogP contribution in [0.5, 0.6) is 0 Å². The molecule has 3 aromatic rings. The van der Waals surface area contributed by atoms with Crippen LogP contribution in [0, 0.1) is 11.6 Å². The summed E-state index contributed by atoms with van der Waals surface area (Å²) in [6.45, 7) is 0. The fraction of sp³-hybridized carbons (Fsp3) is 0.167. The largest absolute Gasteiger partial charge is 0.416 e. The Morgan fingerprint density at radius 1 is 0.971 bits per heavy atom. The Morgan fingerprint density at radius 2 is 1.62 bits per heavy atom. The van der Waals surface area contributed by atoms with Gasteiger partial charge in [-0.25, -0.2) is 13.8 Å². The lowest BCUT2D eigenvalue weighted by molar-refractivity contribution is -0.0891. The number of rotatable bonds is 6. The second kappa shape index (κ2) is 9.71. The van der Waals surface area contributed by atoms with E-state index in [1.54, 1.807) is 23.7 Å². The van der Waals surface area contributed by atoms with E-state index in [-0.39, 0.29) is 18.4 Å². The maximum atomic E-state index is 14.0. The third-order valence-corrected chi connectivity index (χ3v) is 7.90. The maximum Gasteiger partial charge on any atom is 0.416 e. The van der Waals surface area contributed by atoms with Gasteiger partial charge in [0.15, 0.2) is 0 Å². The SMILES string of the molecule is ON=CC1=C(C(F)(F)F)C=C(C(Sc2ccc(F)cc2)(c2ccc(F)cc2)c2nccs2)CC1. The molecule has 0 saturated carbocycles. The number of allylic oxidation sites excluding steroid dienone is 3. The molecule has 4 rings (SSSR count). The van der Waals surface area contributed by atoms with Crippen molar-refractivity contribution < 1.29 is 27.2 Å². The van der Waals surface area contributed by atoms with E-state index < -0.39 is 28.1 Å². The van der Waals surface area contributed by atoms with Crippen molar-refractivity contribution in [1.82, 2.24) is 4.98 Å². The number of benzene rings is 2. The molecular weight excluding hydrogens is 491 g/mol. The number of hydrogen-bond donors (Lipinski definition) is 1. The summed E-state index contributed by atoms with van der Waals surface area (Å²) in [5, 5.41) is 13.9. The molecule has 1 aromatic heterocycles. The summed E-state index contributed by atoms with van der Waals surface area (Å²) in [7, 11) is 0. The van der Waals surface area contributed by atoms with Crippen molar-refractivity contribution in [2.45, 2.75) is 28.7 Å². The first-order chi connectivity index (χ1) is 16.2. The molecule has 1 unspecified atom stereocenters. The minimum atomic E-state index is -4.69. The molecule has 1 heterocycles. The van der Waals surface area contributed by atoms with E-state index in [1.165, 1.54) is 59.5 Å². The highest BCUT2D eigenvalue weighted by Crippen LogP contribution is 2.55. The Kier molecular flexibility index (Phi) is 6.90. The van der Waals surface area contributed by atoms with Crippen LogP contribution in [0.1, 0.15) is 23.4 Å². The zero-order valence-electron chi connectivity index (χ0n) is 17.4. The van der Waals surface area contributed by atoms with Gasteiger partial charge in [-0.3, -0.25) is 0 Å². The number of hydrogen-bond acceptors (Lipinski definition) is 5. The summed E-state index contributed by atoms with van der Waals surface area (Å²) >= 11 is 2.47. The Morgan fingerprint density at radius 3 is 2.18 bits per heavy atom. The van der Waals surface area contributed by atoms with Gasteiger partial charge in [-0.1, -0.05) is 17.3 Å². The topological polar surface area (TPSA) is 45.5 Å². The zero-order chi connectivity index (χ0) is 24.3. The van der Waals surface area contributed by atoms with Gasteiger partial charge >= 0.3 is 6.18 Å². The van der Waals surface area contributed by atoms with Crippen molar-refractivity contribution in [2.24, 2.45) is 5.16 Å². The van der Waals surface area contributed by atoms with E-state index in [9.17, 15) is 22.0 Å². The summed E-state index contributed by atoms with van der Waals surface area (Å²) in [6.07, 6.45) is -1.11. The number of nitrogens with zero attached hydrogens (tertiary/aromatic N) is 2. The standard InChI is InChI=1S/C24H17F5N2OS2/c25-18-5-3-16(4-6-18)23(22-30-11-12-33-22,34-20-9-7-19(26)8-10-20)17-2-1-15(14-31-32)21(13-17)24(27,28)29/h3-14,32H,1-2H2. The fourth-order valence-corrected chi connectivity index (χ4v) is 6.23. The van der Waals surface area contributed by atoms with Crippen LogP contribution in [0.25, 0.3) is 0 Å². The van der Waals surface area contributed by atoms with Gasteiger partial charge in [0.05, 0.1) is 11.8 Å². The maximum absolute atomic E-state index is 14.0. The molecule has 3 nitrogen and oxygen atoms in total. The molecule has 0 spiro atoms. The molecule has 1 aliphatic carbocycles. The van der Waals surface area contributed by atoms with Gasteiger partial charge in [0.1, 0.15) is 21.4 Å². The molecule has 176 valence electrons.